The molecule has 94 valence electrons. The third-order valence-electron chi connectivity index (χ3n) is 3.52. The van der Waals surface area contributed by atoms with E-state index in [0.717, 1.165) is 42.4 Å². The van der Waals surface area contributed by atoms with Gasteiger partial charge in [0.15, 0.2) is 0 Å². The van der Waals surface area contributed by atoms with Gasteiger partial charge >= 0.3 is 0 Å². The van der Waals surface area contributed by atoms with Gasteiger partial charge in [-0.15, -0.1) is 0 Å². The molecule has 0 atom stereocenters. The standard InChI is InChI=1S/C14H15ClN2O/c15-10-4-5-13-11(8-10)12(9-16-13)14(18)17-6-2-1-3-7-17/h4-5,8-9,16H,1-3,6-7H2. The SMILES string of the molecule is O=C(c1c[nH]c2ccc(Cl)cc12)N1CCCCC1. The summed E-state index contributed by atoms with van der Waals surface area (Å²) < 4.78 is 0. The van der Waals surface area contributed by atoms with E-state index in [2.05, 4.69) is 4.98 Å². The number of nitrogens with one attached hydrogen (secondary N) is 1. The number of halogens is 1. The number of aromatic nitrogens is 1. The first-order chi connectivity index (χ1) is 8.75. The van der Waals surface area contributed by atoms with Crippen molar-refractivity contribution in [1.82, 2.24) is 9.88 Å². The molecule has 3 rings (SSSR count). The number of carbonyl (C=O) groups excluding carboxylic acids is 1. The van der Waals surface area contributed by atoms with Gasteiger partial charge in [0.25, 0.3) is 5.91 Å². The Balaban J connectivity index is 1.98. The number of benzene rings is 1. The predicted molar refractivity (Wildman–Crippen MR) is 73.1 cm³/mol. The van der Waals surface area contributed by atoms with Crippen LogP contribution in [0.5, 0.6) is 0 Å². The molecule has 1 N–H and O–H groups in total. The summed E-state index contributed by atoms with van der Waals surface area (Å²) in [4.78, 5) is 17.5. The van der Waals surface area contributed by atoms with Gasteiger partial charge in [-0.05, 0) is 37.5 Å². The molecule has 1 fully saturated rings. The lowest BCUT2D eigenvalue weighted by molar-refractivity contribution is 0.0726. The Bertz CT molecular complexity index is 584. The van der Waals surface area contributed by atoms with Crippen LogP contribution >= 0.6 is 11.6 Å². The third kappa shape index (κ3) is 1.99. The quantitative estimate of drug-likeness (QED) is 0.840. The fourth-order valence-corrected chi connectivity index (χ4v) is 2.71. The van der Waals surface area contributed by atoms with Crippen LogP contribution in [0.25, 0.3) is 10.9 Å². The molecule has 0 radical (unpaired) electrons. The van der Waals surface area contributed by atoms with E-state index in [1.165, 1.54) is 6.42 Å². The first kappa shape index (κ1) is 11.6. The van der Waals surface area contributed by atoms with Gasteiger partial charge < -0.3 is 9.88 Å². The van der Waals surface area contributed by atoms with Gasteiger partial charge in [-0.3, -0.25) is 4.79 Å². The van der Waals surface area contributed by atoms with E-state index in [9.17, 15) is 4.79 Å². The van der Waals surface area contributed by atoms with Crippen molar-refractivity contribution in [3.8, 4) is 0 Å². The zero-order valence-corrected chi connectivity index (χ0v) is 10.8. The number of amides is 1. The van der Waals surface area contributed by atoms with Gasteiger partial charge in [-0.2, -0.15) is 0 Å². The van der Waals surface area contributed by atoms with Gasteiger partial charge in [-0.25, -0.2) is 0 Å². The molecule has 3 nitrogen and oxygen atoms in total. The van der Waals surface area contributed by atoms with Gasteiger partial charge in [0.1, 0.15) is 0 Å². The minimum absolute atomic E-state index is 0.114. The molecule has 2 aromatic rings. The van der Waals surface area contributed by atoms with E-state index in [1.54, 1.807) is 6.20 Å². The van der Waals surface area contributed by atoms with E-state index in [-0.39, 0.29) is 5.91 Å². The number of piperidine rings is 1. The highest BCUT2D eigenvalue weighted by molar-refractivity contribution is 6.31. The number of carbonyl (C=O) groups is 1. The van der Waals surface area contributed by atoms with Crippen molar-refractivity contribution in [3.63, 3.8) is 0 Å². The highest BCUT2D eigenvalue weighted by atomic mass is 35.5. The lowest BCUT2D eigenvalue weighted by Gasteiger charge is -2.26. The number of hydrogen-bond acceptors (Lipinski definition) is 1. The maximum Gasteiger partial charge on any atom is 0.256 e. The number of nitrogens with zero attached hydrogens (tertiary/aromatic N) is 1. The zero-order valence-electron chi connectivity index (χ0n) is 10.1. The Morgan fingerprint density at radius 1 is 1.22 bits per heavy atom. The number of aromatic amines is 1. The Kier molecular flexibility index (Phi) is 3.00. The maximum absolute atomic E-state index is 12.4. The van der Waals surface area contributed by atoms with Crippen LogP contribution in [0, 0.1) is 0 Å². The largest absolute Gasteiger partial charge is 0.360 e. The van der Waals surface area contributed by atoms with Crippen LogP contribution in [-0.2, 0) is 0 Å². The second-order valence-corrected chi connectivity index (χ2v) is 5.18. The van der Waals surface area contributed by atoms with Crippen molar-refractivity contribution in [2.45, 2.75) is 19.3 Å². The molecule has 0 aliphatic carbocycles. The fraction of sp³-hybridized carbons (Fsp3) is 0.357. The average Bonchev–Trinajstić information content (AvgIpc) is 2.82. The van der Waals surface area contributed by atoms with Crippen molar-refractivity contribution in [2.75, 3.05) is 13.1 Å². The molecule has 1 amide bonds. The number of fused-ring (bicyclic) bond motifs is 1. The molecule has 18 heavy (non-hydrogen) atoms. The van der Waals surface area contributed by atoms with Crippen LogP contribution in [0.15, 0.2) is 24.4 Å². The summed E-state index contributed by atoms with van der Waals surface area (Å²) in [6.07, 6.45) is 5.23. The van der Waals surface area contributed by atoms with Crippen molar-refractivity contribution >= 4 is 28.4 Å². The van der Waals surface area contributed by atoms with Crippen LogP contribution in [0.3, 0.4) is 0 Å². The Hall–Kier alpha value is -1.48. The van der Waals surface area contributed by atoms with Crippen molar-refractivity contribution in [2.24, 2.45) is 0 Å². The highest BCUT2D eigenvalue weighted by Crippen LogP contribution is 2.24. The molecule has 1 aliphatic heterocycles. The van der Waals surface area contributed by atoms with E-state index in [1.807, 2.05) is 23.1 Å². The molecule has 4 heteroatoms. The first-order valence-electron chi connectivity index (χ1n) is 6.31. The minimum atomic E-state index is 0.114. The number of H-pyrrole nitrogens is 1. The summed E-state index contributed by atoms with van der Waals surface area (Å²) in [5.41, 5.74) is 1.69. The lowest BCUT2D eigenvalue weighted by Crippen LogP contribution is -2.35. The predicted octanol–water partition coefficient (Wildman–Crippen LogP) is 3.45. The van der Waals surface area contributed by atoms with E-state index in [0.29, 0.717) is 5.02 Å². The topological polar surface area (TPSA) is 36.1 Å². The Labute approximate surface area is 111 Å². The molecule has 1 aromatic carbocycles. The normalized spacial score (nSPS) is 16.2. The summed E-state index contributed by atoms with van der Waals surface area (Å²) in [5.74, 6) is 0.114. The van der Waals surface area contributed by atoms with Crippen molar-refractivity contribution in [1.29, 1.82) is 0 Å². The molecule has 1 aliphatic rings. The lowest BCUT2D eigenvalue weighted by atomic mass is 10.1. The van der Waals surface area contributed by atoms with E-state index in [4.69, 9.17) is 11.6 Å². The van der Waals surface area contributed by atoms with Gasteiger partial charge in [0.2, 0.25) is 0 Å². The van der Waals surface area contributed by atoms with E-state index < -0.39 is 0 Å². The number of rotatable bonds is 1. The minimum Gasteiger partial charge on any atom is -0.360 e. The molecule has 1 saturated heterocycles. The summed E-state index contributed by atoms with van der Waals surface area (Å²) in [5, 5.41) is 1.58. The molecular weight excluding hydrogens is 248 g/mol. The van der Waals surface area contributed by atoms with Crippen LogP contribution < -0.4 is 0 Å². The zero-order chi connectivity index (χ0) is 12.5. The van der Waals surface area contributed by atoms with Crippen LogP contribution in [0.2, 0.25) is 5.02 Å². The molecule has 0 unspecified atom stereocenters. The van der Waals surface area contributed by atoms with Crippen LogP contribution in [0.1, 0.15) is 29.6 Å². The first-order valence-corrected chi connectivity index (χ1v) is 6.69. The fourth-order valence-electron chi connectivity index (χ4n) is 2.54. The van der Waals surface area contributed by atoms with Crippen LogP contribution in [-0.4, -0.2) is 28.9 Å². The Morgan fingerprint density at radius 2 is 2.00 bits per heavy atom. The average molecular weight is 263 g/mol. The molecular formula is C14H15ClN2O. The molecule has 1 aromatic heterocycles. The van der Waals surface area contributed by atoms with Gasteiger partial charge in [0.05, 0.1) is 5.56 Å². The van der Waals surface area contributed by atoms with Crippen molar-refractivity contribution < 1.29 is 4.79 Å². The molecule has 0 saturated carbocycles. The van der Waals surface area contributed by atoms with Gasteiger partial charge in [0, 0.05) is 35.2 Å². The van der Waals surface area contributed by atoms with Crippen LogP contribution in [0.4, 0.5) is 0 Å². The maximum atomic E-state index is 12.4. The highest BCUT2D eigenvalue weighted by Gasteiger charge is 2.20. The van der Waals surface area contributed by atoms with Gasteiger partial charge in [-0.1, -0.05) is 11.6 Å². The third-order valence-corrected chi connectivity index (χ3v) is 3.75. The molecule has 2 heterocycles. The smallest absolute Gasteiger partial charge is 0.256 e. The van der Waals surface area contributed by atoms with E-state index >= 15 is 0 Å². The second kappa shape index (κ2) is 4.65. The monoisotopic (exact) mass is 262 g/mol. The Morgan fingerprint density at radius 3 is 2.78 bits per heavy atom. The molecule has 0 spiro atoms. The van der Waals surface area contributed by atoms with Crippen molar-refractivity contribution in [3.05, 3.63) is 35.0 Å². The summed E-state index contributed by atoms with van der Waals surface area (Å²) in [7, 11) is 0. The number of hydrogen-bond donors (Lipinski definition) is 1. The summed E-state index contributed by atoms with van der Waals surface area (Å²) >= 11 is 6.00. The molecule has 0 bridgehead atoms. The summed E-state index contributed by atoms with van der Waals surface area (Å²) in [6, 6.07) is 5.59. The second-order valence-electron chi connectivity index (χ2n) is 4.75. The summed E-state index contributed by atoms with van der Waals surface area (Å²) in [6.45, 7) is 1.73. The number of likely N-dealkylation sites (tertiary alicyclic amines) is 1.